The number of nitrogens with one attached hydrogen (secondary N) is 1. The van der Waals surface area contributed by atoms with E-state index in [4.69, 9.17) is 9.73 Å². The van der Waals surface area contributed by atoms with E-state index in [0.29, 0.717) is 26.5 Å². The number of allylic oxidation sites excluding steroid dienone is 1. The molecule has 3 aromatic carbocycles. The number of nitrogens with zero attached hydrogens (tertiary/aromatic N) is 2. The van der Waals surface area contributed by atoms with Crippen molar-refractivity contribution >= 4 is 34.3 Å². The number of ether oxygens (including phenoxy) is 1. The minimum Gasteiger partial charge on any atom is -0.463 e. The number of fused-ring (bicyclic) bond motifs is 2. The molecule has 0 unspecified atom stereocenters. The van der Waals surface area contributed by atoms with Gasteiger partial charge in [0.25, 0.3) is 5.56 Å². The van der Waals surface area contributed by atoms with Crippen LogP contribution in [0.15, 0.2) is 93.9 Å². The standard InChI is InChI=1S/C35H33N3O3S/c1-6-41-34(40)29-22(5)36-35-38(32(29)25-17-15-23(16-18-25)20(2)3)33(39)28(42-35)19-27-26-14-10-11-21(4)30(26)37-31(27)24-12-8-7-9-13-24/h7-20,32,37H,6H2,1-5H3/b28-19+/t32-/m1/s1. The highest BCUT2D eigenvalue weighted by atomic mass is 32.1. The van der Waals surface area contributed by atoms with E-state index in [0.717, 1.165) is 38.9 Å². The van der Waals surface area contributed by atoms with Crippen molar-refractivity contribution in [2.45, 2.75) is 46.6 Å². The summed E-state index contributed by atoms with van der Waals surface area (Å²) >= 11 is 1.34. The molecule has 0 saturated heterocycles. The van der Waals surface area contributed by atoms with Crippen LogP contribution in [0, 0.1) is 6.92 Å². The van der Waals surface area contributed by atoms with Crippen molar-refractivity contribution in [1.82, 2.24) is 9.55 Å². The minimum atomic E-state index is -0.637. The summed E-state index contributed by atoms with van der Waals surface area (Å²) in [5, 5.41) is 1.05. The van der Waals surface area contributed by atoms with Gasteiger partial charge in [-0.25, -0.2) is 9.79 Å². The van der Waals surface area contributed by atoms with Gasteiger partial charge in [-0.1, -0.05) is 98.0 Å². The molecule has 1 N–H and O–H groups in total. The van der Waals surface area contributed by atoms with Gasteiger partial charge in [-0.3, -0.25) is 9.36 Å². The third-order valence-electron chi connectivity index (χ3n) is 7.86. The second-order valence-corrected chi connectivity index (χ2v) is 11.9. The number of H-pyrrole nitrogens is 1. The molecule has 0 bridgehead atoms. The lowest BCUT2D eigenvalue weighted by Crippen LogP contribution is -2.39. The minimum absolute atomic E-state index is 0.188. The number of benzene rings is 3. The Balaban J connectivity index is 1.60. The van der Waals surface area contributed by atoms with Crippen LogP contribution in [0.25, 0.3) is 28.2 Å². The van der Waals surface area contributed by atoms with Crippen molar-refractivity contribution in [3.05, 3.63) is 126 Å². The topological polar surface area (TPSA) is 76.4 Å². The van der Waals surface area contributed by atoms with Gasteiger partial charge in [0.2, 0.25) is 0 Å². The maximum Gasteiger partial charge on any atom is 0.338 e. The number of aryl methyl sites for hydroxylation is 1. The van der Waals surface area contributed by atoms with Crippen LogP contribution in [-0.4, -0.2) is 22.1 Å². The summed E-state index contributed by atoms with van der Waals surface area (Å²) in [6, 6.07) is 23.8. The molecule has 2 aromatic heterocycles. The molecule has 0 spiro atoms. The average Bonchev–Trinajstić information content (AvgIpc) is 3.51. The average molecular weight is 576 g/mol. The molecule has 0 radical (unpaired) electrons. The number of carbonyl (C=O) groups is 1. The molecule has 1 atom stereocenters. The molecule has 0 amide bonds. The molecule has 6 rings (SSSR count). The van der Waals surface area contributed by atoms with Crippen molar-refractivity contribution in [3.8, 4) is 11.3 Å². The summed E-state index contributed by atoms with van der Waals surface area (Å²) in [7, 11) is 0. The van der Waals surface area contributed by atoms with Crippen molar-refractivity contribution < 1.29 is 9.53 Å². The number of aromatic nitrogens is 2. The lowest BCUT2D eigenvalue weighted by atomic mass is 9.93. The van der Waals surface area contributed by atoms with Gasteiger partial charge in [-0.05, 0) is 55.0 Å². The zero-order chi connectivity index (χ0) is 29.5. The molecular weight excluding hydrogens is 542 g/mol. The summed E-state index contributed by atoms with van der Waals surface area (Å²) in [6.45, 7) is 10.2. The molecule has 212 valence electrons. The fraction of sp³-hybridized carbons (Fsp3) is 0.229. The number of para-hydroxylation sites is 1. The normalized spacial score (nSPS) is 15.3. The first kappa shape index (κ1) is 27.7. The first-order chi connectivity index (χ1) is 20.3. The largest absolute Gasteiger partial charge is 0.463 e. The van der Waals surface area contributed by atoms with Crippen molar-refractivity contribution in [1.29, 1.82) is 0 Å². The number of thiazole rings is 1. The Kier molecular flexibility index (Phi) is 7.29. The van der Waals surface area contributed by atoms with E-state index in [-0.39, 0.29) is 12.2 Å². The lowest BCUT2D eigenvalue weighted by Gasteiger charge is -2.25. The van der Waals surface area contributed by atoms with Gasteiger partial charge in [0.1, 0.15) is 0 Å². The highest BCUT2D eigenvalue weighted by Crippen LogP contribution is 2.34. The van der Waals surface area contributed by atoms with Crippen molar-refractivity contribution in [2.24, 2.45) is 4.99 Å². The summed E-state index contributed by atoms with van der Waals surface area (Å²) in [5.41, 5.74) is 7.91. The summed E-state index contributed by atoms with van der Waals surface area (Å²) in [5.74, 6) is -0.0918. The predicted molar refractivity (Wildman–Crippen MR) is 169 cm³/mol. The van der Waals surface area contributed by atoms with Gasteiger partial charge in [0, 0.05) is 16.5 Å². The van der Waals surface area contributed by atoms with Gasteiger partial charge >= 0.3 is 5.97 Å². The van der Waals surface area contributed by atoms with E-state index in [2.05, 4.69) is 62.2 Å². The van der Waals surface area contributed by atoms with Gasteiger partial charge in [0.05, 0.1) is 34.1 Å². The van der Waals surface area contributed by atoms with Crippen LogP contribution < -0.4 is 14.9 Å². The molecule has 7 heteroatoms. The Hall–Kier alpha value is -4.49. The summed E-state index contributed by atoms with van der Waals surface area (Å²) < 4.78 is 7.66. The van der Waals surface area contributed by atoms with Crippen LogP contribution >= 0.6 is 11.3 Å². The van der Waals surface area contributed by atoms with Crippen LogP contribution in [0.2, 0.25) is 0 Å². The maximum atomic E-state index is 14.3. The second-order valence-electron chi connectivity index (χ2n) is 10.9. The number of rotatable bonds is 6. The number of carbonyl (C=O) groups excluding carboxylic acids is 1. The molecule has 5 aromatic rings. The molecule has 3 heterocycles. The molecule has 0 aliphatic carbocycles. The van der Waals surface area contributed by atoms with E-state index in [1.54, 1.807) is 11.5 Å². The van der Waals surface area contributed by atoms with Crippen LogP contribution in [0.3, 0.4) is 0 Å². The van der Waals surface area contributed by atoms with Gasteiger partial charge < -0.3 is 9.72 Å². The zero-order valence-corrected chi connectivity index (χ0v) is 25.2. The Labute approximate surface area is 248 Å². The highest BCUT2D eigenvalue weighted by Gasteiger charge is 2.33. The molecular formula is C35H33N3O3S. The first-order valence-electron chi connectivity index (χ1n) is 14.2. The Bertz CT molecular complexity index is 2030. The van der Waals surface area contributed by atoms with Crippen molar-refractivity contribution in [2.75, 3.05) is 6.61 Å². The van der Waals surface area contributed by atoms with E-state index in [1.165, 1.54) is 16.9 Å². The van der Waals surface area contributed by atoms with Crippen LogP contribution in [0.4, 0.5) is 0 Å². The van der Waals surface area contributed by atoms with Gasteiger partial charge in [-0.15, -0.1) is 0 Å². The number of hydrogen-bond donors (Lipinski definition) is 1. The Morgan fingerprint density at radius 1 is 1.05 bits per heavy atom. The summed E-state index contributed by atoms with van der Waals surface area (Å²) in [4.78, 5) is 36.5. The summed E-state index contributed by atoms with van der Waals surface area (Å²) in [6.07, 6.45) is 1.97. The zero-order valence-electron chi connectivity index (χ0n) is 24.4. The second kappa shape index (κ2) is 11.1. The van der Waals surface area contributed by atoms with E-state index in [1.807, 2.05) is 49.4 Å². The van der Waals surface area contributed by atoms with E-state index < -0.39 is 12.0 Å². The van der Waals surface area contributed by atoms with Crippen LogP contribution in [0.1, 0.15) is 61.9 Å². The first-order valence-corrected chi connectivity index (χ1v) is 15.1. The SMILES string of the molecule is CCOC(=O)C1=C(C)N=c2s/c(=C/c3c(-c4ccccc4)[nH]c4c(C)cccc34)c(=O)n2[C@@H]1c1ccc(C(C)C)cc1. The van der Waals surface area contributed by atoms with Crippen LogP contribution in [-0.2, 0) is 9.53 Å². The fourth-order valence-electron chi connectivity index (χ4n) is 5.67. The Morgan fingerprint density at radius 3 is 2.48 bits per heavy atom. The molecule has 1 aliphatic rings. The lowest BCUT2D eigenvalue weighted by molar-refractivity contribution is -0.139. The number of hydrogen-bond acceptors (Lipinski definition) is 5. The van der Waals surface area contributed by atoms with E-state index in [9.17, 15) is 9.59 Å². The fourth-order valence-corrected chi connectivity index (χ4v) is 6.70. The molecule has 42 heavy (non-hydrogen) atoms. The maximum absolute atomic E-state index is 14.3. The van der Waals surface area contributed by atoms with E-state index >= 15 is 0 Å². The molecule has 6 nitrogen and oxygen atoms in total. The molecule has 0 fully saturated rings. The Morgan fingerprint density at radius 2 is 1.79 bits per heavy atom. The van der Waals surface area contributed by atoms with Crippen LogP contribution in [0.5, 0.6) is 0 Å². The van der Waals surface area contributed by atoms with Crippen molar-refractivity contribution in [3.63, 3.8) is 0 Å². The quantitative estimate of drug-likeness (QED) is 0.239. The number of esters is 1. The third kappa shape index (κ3) is 4.73. The monoisotopic (exact) mass is 575 g/mol. The van der Waals surface area contributed by atoms with Gasteiger partial charge in [0.15, 0.2) is 4.80 Å². The third-order valence-corrected chi connectivity index (χ3v) is 8.84. The molecule has 0 saturated carbocycles. The highest BCUT2D eigenvalue weighted by molar-refractivity contribution is 7.07. The smallest absolute Gasteiger partial charge is 0.338 e. The van der Waals surface area contributed by atoms with Gasteiger partial charge in [-0.2, -0.15) is 0 Å². The predicted octanol–water partition coefficient (Wildman–Crippen LogP) is 6.38. The number of aromatic amines is 1. The molecule has 1 aliphatic heterocycles.